The van der Waals surface area contributed by atoms with Gasteiger partial charge in [-0.05, 0) is 37.6 Å². The smallest absolute Gasteiger partial charge is 0.246 e. The molecule has 0 bridgehead atoms. The molecule has 0 atom stereocenters. The van der Waals surface area contributed by atoms with Crippen molar-refractivity contribution >= 4 is 23.2 Å². The van der Waals surface area contributed by atoms with Gasteiger partial charge in [0.2, 0.25) is 11.8 Å². The molecule has 2 aromatic rings. The molecule has 0 heterocycles. The van der Waals surface area contributed by atoms with Gasteiger partial charge in [0.05, 0.1) is 13.0 Å². The summed E-state index contributed by atoms with van der Waals surface area (Å²) in [6, 6.07) is 17.3. The fraction of sp³-hybridized carbons (Fsp3) is 0.333. The molecule has 2 amide bonds. The molecular weight excluding hydrogens is 326 g/mol. The van der Waals surface area contributed by atoms with Gasteiger partial charge in [0.15, 0.2) is 0 Å². The normalized spacial score (nSPS) is 10.5. The number of para-hydroxylation sites is 2. The summed E-state index contributed by atoms with van der Waals surface area (Å²) in [5.41, 5.74) is 2.58. The fourth-order valence-electron chi connectivity index (χ4n) is 2.74. The maximum Gasteiger partial charge on any atom is 0.246 e. The van der Waals surface area contributed by atoms with E-state index in [9.17, 15) is 9.59 Å². The highest BCUT2D eigenvalue weighted by atomic mass is 16.2. The van der Waals surface area contributed by atoms with Crippen LogP contribution in [-0.4, -0.2) is 43.4 Å². The molecule has 0 unspecified atom stereocenters. The average molecular weight is 353 g/mol. The fourth-order valence-corrected chi connectivity index (χ4v) is 2.74. The van der Waals surface area contributed by atoms with E-state index in [0.717, 1.165) is 16.9 Å². The van der Waals surface area contributed by atoms with Gasteiger partial charge in [-0.15, -0.1) is 0 Å². The number of anilines is 2. The highest BCUT2D eigenvalue weighted by Crippen LogP contribution is 2.19. The van der Waals surface area contributed by atoms with Crippen molar-refractivity contribution in [1.82, 2.24) is 4.90 Å². The highest BCUT2D eigenvalue weighted by Gasteiger charge is 2.19. The van der Waals surface area contributed by atoms with E-state index in [2.05, 4.69) is 5.32 Å². The summed E-state index contributed by atoms with van der Waals surface area (Å²) >= 11 is 0. The number of benzene rings is 2. The Hall–Kier alpha value is -2.82. The lowest BCUT2D eigenvalue weighted by Gasteiger charge is -2.27. The van der Waals surface area contributed by atoms with E-state index in [4.69, 9.17) is 0 Å². The molecule has 1 N–H and O–H groups in total. The highest BCUT2D eigenvalue weighted by molar-refractivity contribution is 5.96. The molecule has 0 aliphatic heterocycles. The van der Waals surface area contributed by atoms with Crippen LogP contribution in [0.5, 0.6) is 0 Å². The first-order chi connectivity index (χ1) is 12.4. The summed E-state index contributed by atoms with van der Waals surface area (Å²) in [4.78, 5) is 28.1. The molecule has 5 nitrogen and oxygen atoms in total. The van der Waals surface area contributed by atoms with Gasteiger partial charge in [0.25, 0.3) is 0 Å². The van der Waals surface area contributed by atoms with Crippen LogP contribution in [0.15, 0.2) is 54.6 Å². The molecule has 0 saturated heterocycles. The minimum absolute atomic E-state index is 0.0139. The van der Waals surface area contributed by atoms with Gasteiger partial charge in [0, 0.05) is 31.5 Å². The number of nitrogens with one attached hydrogen (secondary N) is 1. The second-order valence-electron chi connectivity index (χ2n) is 6.67. The van der Waals surface area contributed by atoms with Crippen molar-refractivity contribution in [2.75, 3.05) is 30.9 Å². The van der Waals surface area contributed by atoms with Crippen LogP contribution >= 0.6 is 0 Å². The first-order valence-corrected chi connectivity index (χ1v) is 8.79. The van der Waals surface area contributed by atoms with E-state index < -0.39 is 0 Å². The molecule has 0 spiro atoms. The van der Waals surface area contributed by atoms with Gasteiger partial charge in [0.1, 0.15) is 0 Å². The van der Waals surface area contributed by atoms with Gasteiger partial charge in [-0.1, -0.05) is 36.4 Å². The number of nitrogens with zero attached hydrogens (tertiary/aromatic N) is 2. The average Bonchev–Trinajstić information content (AvgIpc) is 2.61. The maximum atomic E-state index is 12.8. The maximum absolute atomic E-state index is 12.8. The summed E-state index contributed by atoms with van der Waals surface area (Å²) < 4.78 is 0. The van der Waals surface area contributed by atoms with Gasteiger partial charge >= 0.3 is 0 Å². The van der Waals surface area contributed by atoms with Crippen molar-refractivity contribution in [2.45, 2.75) is 26.3 Å². The van der Waals surface area contributed by atoms with Crippen molar-refractivity contribution in [3.8, 4) is 0 Å². The summed E-state index contributed by atoms with van der Waals surface area (Å²) in [6.45, 7) is 4.16. The first kappa shape index (κ1) is 19.5. The van der Waals surface area contributed by atoms with Crippen molar-refractivity contribution in [3.63, 3.8) is 0 Å². The molecule has 0 aliphatic rings. The number of rotatable bonds is 7. The number of carbonyl (C=O) groups excluding carboxylic acids is 2. The van der Waals surface area contributed by atoms with E-state index in [1.165, 1.54) is 0 Å². The Balaban J connectivity index is 2.10. The number of amides is 2. The predicted molar refractivity (Wildman–Crippen MR) is 106 cm³/mol. The predicted octanol–water partition coefficient (Wildman–Crippen LogP) is 3.17. The monoisotopic (exact) mass is 353 g/mol. The third kappa shape index (κ3) is 5.09. The minimum Gasteiger partial charge on any atom is -0.376 e. The van der Waals surface area contributed by atoms with Crippen molar-refractivity contribution in [3.05, 3.63) is 60.2 Å². The van der Waals surface area contributed by atoms with Gasteiger partial charge < -0.3 is 15.1 Å². The summed E-state index contributed by atoms with van der Waals surface area (Å²) in [5.74, 6) is 0.0126. The number of hydrogen-bond acceptors (Lipinski definition) is 3. The molecule has 0 radical (unpaired) electrons. The van der Waals surface area contributed by atoms with E-state index in [0.29, 0.717) is 6.42 Å². The van der Waals surface area contributed by atoms with Crippen molar-refractivity contribution in [1.29, 1.82) is 0 Å². The zero-order chi connectivity index (χ0) is 19.1. The Kier molecular flexibility index (Phi) is 6.78. The lowest BCUT2D eigenvalue weighted by molar-refractivity contribution is -0.128. The van der Waals surface area contributed by atoms with Crippen LogP contribution in [-0.2, 0) is 16.0 Å². The van der Waals surface area contributed by atoms with E-state index in [1.54, 1.807) is 23.9 Å². The molecule has 0 aromatic heterocycles. The lowest BCUT2D eigenvalue weighted by Crippen LogP contribution is -2.40. The molecule has 2 rings (SSSR count). The number of carbonyl (C=O) groups is 2. The van der Waals surface area contributed by atoms with Crippen LogP contribution in [0.1, 0.15) is 19.4 Å². The lowest BCUT2D eigenvalue weighted by atomic mass is 10.1. The van der Waals surface area contributed by atoms with Crippen molar-refractivity contribution in [2.24, 2.45) is 0 Å². The van der Waals surface area contributed by atoms with Crippen LogP contribution in [0.25, 0.3) is 0 Å². The van der Waals surface area contributed by atoms with Crippen LogP contribution in [0.4, 0.5) is 11.4 Å². The second-order valence-corrected chi connectivity index (χ2v) is 6.67. The molecule has 138 valence electrons. The largest absolute Gasteiger partial charge is 0.376 e. The van der Waals surface area contributed by atoms with E-state index in [-0.39, 0.29) is 24.4 Å². The van der Waals surface area contributed by atoms with Crippen LogP contribution in [0.3, 0.4) is 0 Å². The Morgan fingerprint density at radius 3 is 2.15 bits per heavy atom. The molecule has 0 fully saturated rings. The Morgan fingerprint density at radius 1 is 0.923 bits per heavy atom. The summed E-state index contributed by atoms with van der Waals surface area (Å²) in [7, 11) is 3.48. The van der Waals surface area contributed by atoms with Gasteiger partial charge in [-0.2, -0.15) is 0 Å². The molecule has 26 heavy (non-hydrogen) atoms. The summed E-state index contributed by atoms with van der Waals surface area (Å²) in [5, 5.41) is 3.20. The molecule has 5 heteroatoms. The third-order valence-corrected chi connectivity index (χ3v) is 4.11. The molecule has 0 aliphatic carbocycles. The van der Waals surface area contributed by atoms with Crippen molar-refractivity contribution < 1.29 is 9.59 Å². The molecule has 2 aromatic carbocycles. The zero-order valence-electron chi connectivity index (χ0n) is 15.9. The first-order valence-electron chi connectivity index (χ1n) is 8.79. The number of likely N-dealkylation sites (N-methyl/N-ethyl adjacent to an activating group) is 1. The Labute approximate surface area is 155 Å². The topological polar surface area (TPSA) is 52.7 Å². The third-order valence-electron chi connectivity index (χ3n) is 4.11. The minimum atomic E-state index is -0.0139. The second kappa shape index (κ2) is 9.04. The number of hydrogen-bond donors (Lipinski definition) is 1. The van der Waals surface area contributed by atoms with Gasteiger partial charge in [-0.25, -0.2) is 0 Å². The molecular formula is C21H27N3O2. The van der Waals surface area contributed by atoms with E-state index >= 15 is 0 Å². The zero-order valence-corrected chi connectivity index (χ0v) is 15.9. The Morgan fingerprint density at radius 2 is 1.54 bits per heavy atom. The van der Waals surface area contributed by atoms with Gasteiger partial charge in [-0.3, -0.25) is 9.59 Å². The standard InChI is InChI=1S/C21H27N3O2/c1-16(2)24(18-11-6-5-7-12-18)21(26)15-22-19-13-9-8-10-17(19)14-20(25)23(3)4/h5-13,16,22H,14-15H2,1-4H3. The van der Waals surface area contributed by atoms with E-state index in [1.807, 2.05) is 68.4 Å². The summed E-state index contributed by atoms with van der Waals surface area (Å²) in [6.07, 6.45) is 0.303. The quantitative estimate of drug-likeness (QED) is 0.832. The van der Waals surface area contributed by atoms with Crippen LogP contribution < -0.4 is 10.2 Å². The van der Waals surface area contributed by atoms with Crippen LogP contribution in [0.2, 0.25) is 0 Å². The Bertz CT molecular complexity index is 742. The SMILES string of the molecule is CC(C)N(C(=O)CNc1ccccc1CC(=O)N(C)C)c1ccccc1. The van der Waals surface area contributed by atoms with Crippen LogP contribution in [0, 0.1) is 0 Å². The molecule has 0 saturated carbocycles.